The highest BCUT2D eigenvalue weighted by atomic mass is 16.7. The van der Waals surface area contributed by atoms with E-state index in [0.29, 0.717) is 6.42 Å². The van der Waals surface area contributed by atoms with Crippen LogP contribution in [-0.2, 0) is 42.7 Å². The molecule has 4 heterocycles. The summed E-state index contributed by atoms with van der Waals surface area (Å²) < 4.78 is 44.1. The average Bonchev–Trinajstić information content (AvgIpc) is 3.20. The third-order valence-corrected chi connectivity index (χ3v) is 12.5. The van der Waals surface area contributed by atoms with Crippen LogP contribution in [0.3, 0.4) is 0 Å². The van der Waals surface area contributed by atoms with E-state index in [9.17, 15) is 76.0 Å². The maximum absolute atomic E-state index is 12.1. The van der Waals surface area contributed by atoms with E-state index >= 15 is 0 Å². The minimum atomic E-state index is -1.94. The summed E-state index contributed by atoms with van der Waals surface area (Å²) >= 11 is 0. The Hall–Kier alpha value is -1.86. The van der Waals surface area contributed by atoms with E-state index in [1.165, 1.54) is 0 Å². The van der Waals surface area contributed by atoms with Gasteiger partial charge in [0.1, 0.15) is 92.4 Å². The van der Waals surface area contributed by atoms with Gasteiger partial charge in [-0.2, -0.15) is 0 Å². The molecule has 6 fully saturated rings. The molecule has 2 aliphatic carbocycles. The number of aliphatic hydroxyl groups is 15. The van der Waals surface area contributed by atoms with Gasteiger partial charge in [0.25, 0.3) is 0 Å². The van der Waals surface area contributed by atoms with Gasteiger partial charge in [-0.05, 0) is 25.7 Å². The fraction of sp³-hybridized carbons (Fsp3) is 0.944. The monoisotopic (exact) mass is 875 g/mol. The molecule has 24 nitrogen and oxygen atoms in total. The third-order valence-electron chi connectivity index (χ3n) is 12.5. The molecular formula is C36H59O24+. The molecule has 0 aromatic carbocycles. The molecule has 0 aromatic rings. The van der Waals surface area contributed by atoms with Crippen LogP contribution in [0.4, 0.5) is 0 Å². The van der Waals surface area contributed by atoms with Crippen molar-refractivity contribution in [1.82, 2.24) is 0 Å². The van der Waals surface area contributed by atoms with Gasteiger partial charge in [-0.1, -0.05) is 0 Å². The number of hydrogen-bond donors (Lipinski definition) is 14. The maximum atomic E-state index is 12.1. The lowest BCUT2D eigenvalue weighted by atomic mass is 9.72. The second kappa shape index (κ2) is 20.3. The van der Waals surface area contributed by atoms with Crippen LogP contribution in [0, 0.1) is 11.8 Å². The lowest BCUT2D eigenvalue weighted by molar-refractivity contribution is -0.368. The number of carbonyl (C=O) groups excluding carboxylic acids is 1. The van der Waals surface area contributed by atoms with Crippen LogP contribution in [0.25, 0.3) is 0 Å². The molecule has 0 radical (unpaired) electrons. The Kier molecular flexibility index (Phi) is 16.1. The lowest BCUT2D eigenvalue weighted by Crippen LogP contribution is -2.65. The Bertz CT molecular complexity index is 1410. The molecule has 24 unspecified atom stereocenters. The molecule has 2 saturated carbocycles. The van der Waals surface area contributed by atoms with Crippen molar-refractivity contribution in [2.24, 2.45) is 11.8 Å². The zero-order chi connectivity index (χ0) is 43.7. The maximum Gasteiger partial charge on any atom is 0.317 e. The van der Waals surface area contributed by atoms with Crippen LogP contribution in [0.1, 0.15) is 44.9 Å². The SMILES string of the molecule is O=C(O)CC(=O)OCC1OC(OC2CC(O)C3CC(O)C(C4CCC(OC5OC(CO)C(O)C(O)C5O)C(O)C4)[OH+]C3C2)C(O)C(OC2OC(CO)C(O)C(O)C2O)C1O. The number of fused-ring (bicyclic) bond motifs is 1. The largest absolute Gasteiger partial charge is 0.481 e. The minimum absolute atomic E-state index is 0.0289. The van der Waals surface area contributed by atoms with Gasteiger partial charge in [0.15, 0.2) is 31.1 Å². The fourth-order valence-corrected chi connectivity index (χ4v) is 9.17. The summed E-state index contributed by atoms with van der Waals surface area (Å²) in [5.41, 5.74) is 0. The molecular weight excluding hydrogens is 816 g/mol. The molecule has 0 amide bonds. The second-order valence-electron chi connectivity index (χ2n) is 16.6. The molecule has 4 aliphatic heterocycles. The number of carbonyl (C=O) groups is 2. The van der Waals surface area contributed by atoms with E-state index < -0.39 is 179 Å². The minimum Gasteiger partial charge on any atom is -0.481 e. The van der Waals surface area contributed by atoms with Crippen molar-refractivity contribution >= 4 is 11.9 Å². The van der Waals surface area contributed by atoms with E-state index in [1.807, 2.05) is 0 Å². The predicted molar refractivity (Wildman–Crippen MR) is 189 cm³/mol. The third kappa shape index (κ3) is 10.4. The zero-order valence-corrected chi connectivity index (χ0v) is 32.3. The lowest BCUT2D eigenvalue weighted by Gasteiger charge is -2.48. The summed E-state index contributed by atoms with van der Waals surface area (Å²) in [7, 11) is 0. The van der Waals surface area contributed by atoms with E-state index in [0.717, 1.165) is 0 Å². The van der Waals surface area contributed by atoms with E-state index in [-0.39, 0.29) is 38.0 Å². The molecule has 4 saturated heterocycles. The fourth-order valence-electron chi connectivity index (χ4n) is 9.17. The molecule has 346 valence electrons. The first-order valence-corrected chi connectivity index (χ1v) is 20.1. The van der Waals surface area contributed by atoms with Gasteiger partial charge in [0.2, 0.25) is 0 Å². The molecule has 15 N–H and O–H groups in total. The highest BCUT2D eigenvalue weighted by Gasteiger charge is 2.56. The number of aliphatic carboxylic acids is 1. The average molecular weight is 876 g/mol. The Morgan fingerprint density at radius 3 is 1.75 bits per heavy atom. The van der Waals surface area contributed by atoms with Crippen molar-refractivity contribution in [1.29, 1.82) is 0 Å². The van der Waals surface area contributed by atoms with Crippen molar-refractivity contribution in [2.75, 3.05) is 19.8 Å². The zero-order valence-electron chi connectivity index (χ0n) is 32.3. The summed E-state index contributed by atoms with van der Waals surface area (Å²) in [5.74, 6) is -3.55. The number of carboxylic acid groups (broad SMARTS) is 1. The van der Waals surface area contributed by atoms with E-state index in [1.54, 1.807) is 0 Å². The van der Waals surface area contributed by atoms with Gasteiger partial charge in [-0.25, -0.2) is 0 Å². The van der Waals surface area contributed by atoms with Crippen LogP contribution in [0.5, 0.6) is 0 Å². The highest BCUT2D eigenvalue weighted by molar-refractivity contribution is 5.90. The quantitative estimate of drug-likeness (QED) is 0.0464. The number of esters is 1. The molecule has 0 spiro atoms. The molecule has 0 bridgehead atoms. The number of carboxylic acids is 1. The molecule has 0 aromatic heterocycles. The van der Waals surface area contributed by atoms with Crippen LogP contribution >= 0.6 is 0 Å². The summed E-state index contributed by atoms with van der Waals surface area (Å²) in [4.78, 5) is 23.1. The van der Waals surface area contributed by atoms with Crippen molar-refractivity contribution in [3.63, 3.8) is 0 Å². The Morgan fingerprint density at radius 2 is 1.17 bits per heavy atom. The molecule has 24 heteroatoms. The van der Waals surface area contributed by atoms with Gasteiger partial charge in [-0.3, -0.25) is 9.59 Å². The summed E-state index contributed by atoms with van der Waals surface area (Å²) in [6.45, 7) is -2.23. The molecule has 6 rings (SSSR count). The molecule has 60 heavy (non-hydrogen) atoms. The van der Waals surface area contributed by atoms with Crippen LogP contribution in [-0.4, -0.2) is 243 Å². The van der Waals surface area contributed by atoms with Gasteiger partial charge in [0, 0.05) is 18.8 Å². The summed E-state index contributed by atoms with van der Waals surface area (Å²) in [6.07, 6.45) is -31.5. The van der Waals surface area contributed by atoms with Crippen molar-refractivity contribution in [3.05, 3.63) is 0 Å². The van der Waals surface area contributed by atoms with Crippen LogP contribution in [0.2, 0.25) is 0 Å². The number of hydrogen-bond acceptors (Lipinski definition) is 22. The Morgan fingerprint density at radius 1 is 0.583 bits per heavy atom. The van der Waals surface area contributed by atoms with Crippen molar-refractivity contribution in [3.8, 4) is 0 Å². The van der Waals surface area contributed by atoms with E-state index in [2.05, 4.69) is 0 Å². The van der Waals surface area contributed by atoms with Crippen molar-refractivity contribution < 1.29 is 119 Å². The number of rotatable bonds is 13. The first kappa shape index (κ1) is 47.6. The van der Waals surface area contributed by atoms with Gasteiger partial charge in [0.05, 0.1) is 43.5 Å². The number of ether oxygens (including phenoxy) is 8. The van der Waals surface area contributed by atoms with Crippen LogP contribution < -0.4 is 0 Å². The Balaban J connectivity index is 1.10. The van der Waals surface area contributed by atoms with Gasteiger partial charge >= 0.3 is 11.9 Å². The topological polar surface area (TPSA) is 395 Å². The van der Waals surface area contributed by atoms with E-state index in [4.69, 9.17) is 43.0 Å². The standard InChI is InChI=1S/C36H58O24/c37-8-19-24(45)27(48)29(50)34(57-19)56-17-2-1-11(3-15(17)40)32-16(41)6-13-14(39)4-12(5-18(13)55-32)54-36-31(52)33(26(47)21(59-36)10-53-23(44)7-22(42)43)60-35-30(51)28(49)25(46)20(9-38)58-35/h11-21,24-41,45-52H,1-10H2,(H,42,43)/p+1. The molecule has 6 aliphatic rings. The second-order valence-corrected chi connectivity index (χ2v) is 16.6. The number of aliphatic hydroxyl groups excluding tert-OH is 13. The first-order valence-electron chi connectivity index (χ1n) is 20.1. The molecule has 24 atom stereocenters. The predicted octanol–water partition coefficient (Wildman–Crippen LogP) is -7.83. The normalized spacial score (nSPS) is 50.1. The smallest absolute Gasteiger partial charge is 0.317 e. The van der Waals surface area contributed by atoms with Gasteiger partial charge < -0.3 is 109 Å². The van der Waals surface area contributed by atoms with Crippen LogP contribution in [0.15, 0.2) is 0 Å². The van der Waals surface area contributed by atoms with Gasteiger partial charge in [-0.15, -0.1) is 0 Å². The highest BCUT2D eigenvalue weighted by Crippen LogP contribution is 2.42. The summed E-state index contributed by atoms with van der Waals surface area (Å²) in [5, 5.41) is 146. The first-order chi connectivity index (χ1) is 28.4. The van der Waals surface area contributed by atoms with Crippen molar-refractivity contribution in [2.45, 2.75) is 180 Å². The Labute approximate surface area is 342 Å². The summed E-state index contributed by atoms with van der Waals surface area (Å²) in [6, 6.07) is 0.